The van der Waals surface area contributed by atoms with Crippen LogP contribution in [-0.4, -0.2) is 9.13 Å². The lowest BCUT2D eigenvalue weighted by Crippen LogP contribution is -2.10. The Labute approximate surface area is 282 Å². The van der Waals surface area contributed by atoms with Crippen LogP contribution in [0.15, 0.2) is 152 Å². The van der Waals surface area contributed by atoms with Crippen LogP contribution in [0, 0.1) is 0 Å². The molecule has 2 heterocycles. The lowest BCUT2D eigenvalue weighted by molar-refractivity contribution is 0.886. The molecule has 232 valence electrons. The number of para-hydroxylation sites is 3. The van der Waals surface area contributed by atoms with E-state index < -0.39 is 0 Å². The first kappa shape index (κ1) is 28.6. The normalized spacial score (nSPS) is 15.6. The van der Waals surface area contributed by atoms with Gasteiger partial charge in [-0.2, -0.15) is 0 Å². The average molecular weight is 619 g/mol. The van der Waals surface area contributed by atoms with Crippen molar-refractivity contribution >= 4 is 49.9 Å². The van der Waals surface area contributed by atoms with Crippen LogP contribution in [0.4, 0.5) is 0 Å². The minimum absolute atomic E-state index is 0.994. The number of nitrogens with zero attached hydrogens (tertiary/aromatic N) is 2. The van der Waals surface area contributed by atoms with E-state index in [1.807, 2.05) is 0 Å². The molecule has 0 atom stereocenters. The van der Waals surface area contributed by atoms with Crippen molar-refractivity contribution in [1.82, 2.24) is 9.13 Å². The quantitative estimate of drug-likeness (QED) is 0.176. The number of hydrogen-bond acceptors (Lipinski definition) is 0. The molecule has 2 heteroatoms. The monoisotopic (exact) mass is 618 g/mol. The number of hydrogen-bond donors (Lipinski definition) is 0. The van der Waals surface area contributed by atoms with E-state index in [4.69, 9.17) is 13.2 Å². The van der Waals surface area contributed by atoms with E-state index in [9.17, 15) is 0 Å². The first-order chi connectivity index (χ1) is 23.7. The van der Waals surface area contributed by atoms with Crippen molar-refractivity contribution < 1.29 is 0 Å². The molecule has 0 saturated carbocycles. The second kappa shape index (κ2) is 11.6. The van der Waals surface area contributed by atoms with Crippen LogP contribution in [0.1, 0.15) is 54.5 Å². The van der Waals surface area contributed by atoms with Gasteiger partial charge in [0.2, 0.25) is 0 Å². The summed E-state index contributed by atoms with van der Waals surface area (Å²) in [6, 6.07) is 31.3. The van der Waals surface area contributed by atoms with Gasteiger partial charge in [0.05, 0.1) is 27.9 Å². The standard InChI is InChI=1S/C46H38N2/c1-31(33-17-5-3-6-18-33)39-29-46(48-43-27-15-11-23-37(43)38-24-12-16-28-44(38)48)40(32(2)34-19-7-4-8-20-34)30-45(39)47-41-25-13-9-21-35(41)36-22-10-14-26-42(36)47/h5,7,9-15,17-27,29-30H,1-4,6,8,16,28H2. The van der Waals surface area contributed by atoms with E-state index in [0.29, 0.717) is 0 Å². The zero-order chi connectivity index (χ0) is 32.2. The SMILES string of the molecule is C=C(C1=CCCC=C1)c1cc(-n2c3ccccc3c3ccccc32)c(C(=C)C2=CCCC=C2)cc1-n1c2c(c3ccccc31)C=CCC2. The van der Waals surface area contributed by atoms with Crippen molar-refractivity contribution in [2.45, 2.75) is 38.5 Å². The highest BCUT2D eigenvalue weighted by Crippen LogP contribution is 2.43. The maximum atomic E-state index is 4.82. The minimum Gasteiger partial charge on any atom is -0.312 e. The molecule has 2 aromatic heterocycles. The molecule has 0 bridgehead atoms. The van der Waals surface area contributed by atoms with Crippen molar-refractivity contribution in [1.29, 1.82) is 0 Å². The molecule has 3 aliphatic carbocycles. The summed E-state index contributed by atoms with van der Waals surface area (Å²) in [5.41, 5.74) is 15.4. The van der Waals surface area contributed by atoms with Crippen LogP contribution < -0.4 is 0 Å². The summed E-state index contributed by atoms with van der Waals surface area (Å²) in [4.78, 5) is 0. The van der Waals surface area contributed by atoms with E-state index in [1.54, 1.807) is 0 Å². The molecule has 0 aliphatic heterocycles. The largest absolute Gasteiger partial charge is 0.312 e. The molecular formula is C46H38N2. The number of rotatable bonds is 6. The summed E-state index contributed by atoms with van der Waals surface area (Å²) in [6.45, 7) is 9.64. The second-order valence-electron chi connectivity index (χ2n) is 13.1. The Balaban J connectivity index is 1.42. The number of benzene rings is 4. The third-order valence-corrected chi connectivity index (χ3v) is 10.4. The molecule has 0 spiro atoms. The predicted octanol–water partition coefficient (Wildman–Crippen LogP) is 12.3. The summed E-state index contributed by atoms with van der Waals surface area (Å²) in [5.74, 6) is 0. The molecular weight excluding hydrogens is 581 g/mol. The molecule has 48 heavy (non-hydrogen) atoms. The predicted molar refractivity (Wildman–Crippen MR) is 206 cm³/mol. The smallest absolute Gasteiger partial charge is 0.0548 e. The van der Waals surface area contributed by atoms with Gasteiger partial charge >= 0.3 is 0 Å². The van der Waals surface area contributed by atoms with Crippen LogP contribution in [-0.2, 0) is 6.42 Å². The summed E-state index contributed by atoms with van der Waals surface area (Å²) in [7, 11) is 0. The lowest BCUT2D eigenvalue weighted by Gasteiger charge is -2.25. The van der Waals surface area contributed by atoms with Gasteiger partial charge in [-0.25, -0.2) is 0 Å². The Morgan fingerprint density at radius 3 is 1.52 bits per heavy atom. The molecule has 0 N–H and O–H groups in total. The average Bonchev–Trinajstić information content (AvgIpc) is 3.67. The second-order valence-corrected chi connectivity index (χ2v) is 13.1. The molecule has 3 aliphatic rings. The highest BCUT2D eigenvalue weighted by molar-refractivity contribution is 6.10. The molecule has 0 amide bonds. The molecule has 0 fully saturated rings. The third-order valence-electron chi connectivity index (χ3n) is 10.4. The van der Waals surface area contributed by atoms with Gasteiger partial charge in [0.15, 0.2) is 0 Å². The number of allylic oxidation sites excluding steroid dienone is 11. The first-order valence-corrected chi connectivity index (χ1v) is 17.3. The molecule has 6 aromatic rings. The molecule has 0 radical (unpaired) electrons. The van der Waals surface area contributed by atoms with Crippen LogP contribution in [0.5, 0.6) is 0 Å². The van der Waals surface area contributed by atoms with Gasteiger partial charge in [-0.15, -0.1) is 0 Å². The Hall–Kier alpha value is -5.60. The zero-order valence-corrected chi connectivity index (χ0v) is 27.3. The Bertz CT molecular complexity index is 2430. The molecule has 4 aromatic carbocycles. The summed E-state index contributed by atoms with van der Waals surface area (Å²) in [5, 5.41) is 3.80. The molecule has 0 saturated heterocycles. The van der Waals surface area contributed by atoms with Crippen molar-refractivity contribution in [2.75, 3.05) is 0 Å². The van der Waals surface area contributed by atoms with E-state index in [1.165, 1.54) is 55.1 Å². The maximum Gasteiger partial charge on any atom is 0.0548 e. The zero-order valence-electron chi connectivity index (χ0n) is 27.3. The lowest BCUT2D eigenvalue weighted by atomic mass is 9.88. The fourth-order valence-corrected chi connectivity index (χ4v) is 8.04. The van der Waals surface area contributed by atoms with Crippen molar-refractivity contribution in [3.8, 4) is 11.4 Å². The van der Waals surface area contributed by atoms with E-state index >= 15 is 0 Å². The van der Waals surface area contributed by atoms with E-state index in [-0.39, 0.29) is 0 Å². The minimum atomic E-state index is 0.994. The van der Waals surface area contributed by atoms with Gasteiger partial charge in [0.1, 0.15) is 0 Å². The fraction of sp³-hybridized carbons (Fsp3) is 0.130. The van der Waals surface area contributed by atoms with Gasteiger partial charge in [-0.1, -0.05) is 116 Å². The van der Waals surface area contributed by atoms with Crippen LogP contribution in [0.25, 0.3) is 61.3 Å². The van der Waals surface area contributed by atoms with Crippen molar-refractivity contribution in [3.63, 3.8) is 0 Å². The highest BCUT2D eigenvalue weighted by atomic mass is 15.0. The fourth-order valence-electron chi connectivity index (χ4n) is 8.04. The van der Waals surface area contributed by atoms with E-state index in [0.717, 1.165) is 72.2 Å². The molecule has 0 unspecified atom stereocenters. The van der Waals surface area contributed by atoms with Gasteiger partial charge in [-0.3, -0.25) is 0 Å². The van der Waals surface area contributed by atoms with Gasteiger partial charge in [-0.05, 0) is 91.1 Å². The van der Waals surface area contributed by atoms with Crippen molar-refractivity contribution in [2.24, 2.45) is 0 Å². The summed E-state index contributed by atoms with van der Waals surface area (Å²) < 4.78 is 4.98. The topological polar surface area (TPSA) is 9.86 Å². The van der Waals surface area contributed by atoms with Gasteiger partial charge < -0.3 is 9.13 Å². The Morgan fingerprint density at radius 1 is 0.500 bits per heavy atom. The van der Waals surface area contributed by atoms with Crippen molar-refractivity contribution in [3.05, 3.63) is 174 Å². The maximum absolute atomic E-state index is 4.82. The number of fused-ring (bicyclic) bond motifs is 6. The Kier molecular flexibility index (Phi) is 6.90. The van der Waals surface area contributed by atoms with Crippen LogP contribution in [0.3, 0.4) is 0 Å². The third kappa shape index (κ3) is 4.47. The summed E-state index contributed by atoms with van der Waals surface area (Å²) in [6.07, 6.45) is 24.6. The highest BCUT2D eigenvalue weighted by Gasteiger charge is 2.26. The molecule has 9 rings (SSSR count). The first-order valence-electron chi connectivity index (χ1n) is 17.3. The van der Waals surface area contributed by atoms with Crippen LogP contribution in [0.2, 0.25) is 0 Å². The Morgan fingerprint density at radius 2 is 0.979 bits per heavy atom. The van der Waals surface area contributed by atoms with Gasteiger partial charge in [0.25, 0.3) is 0 Å². The van der Waals surface area contributed by atoms with Crippen LogP contribution >= 0.6 is 0 Å². The molecule has 2 nitrogen and oxygen atoms in total. The summed E-state index contributed by atoms with van der Waals surface area (Å²) >= 11 is 0. The number of aromatic nitrogens is 2. The van der Waals surface area contributed by atoms with Gasteiger partial charge in [0, 0.05) is 38.5 Å². The van der Waals surface area contributed by atoms with E-state index in [2.05, 4.69) is 143 Å².